The quantitative estimate of drug-likeness (QED) is 0.567. The van der Waals surface area contributed by atoms with Gasteiger partial charge in [-0.15, -0.1) is 0 Å². The summed E-state index contributed by atoms with van der Waals surface area (Å²) < 4.78 is 11.9. The Bertz CT molecular complexity index is 896. The molecular weight excluding hydrogens is 390 g/mol. The maximum atomic E-state index is 12.9. The molecule has 0 spiro atoms. The summed E-state index contributed by atoms with van der Waals surface area (Å²) >= 11 is 0. The molecule has 2 aromatic carbocycles. The second-order valence-corrected chi connectivity index (χ2v) is 7.67. The van der Waals surface area contributed by atoms with Crippen molar-refractivity contribution in [1.29, 1.82) is 0 Å². The van der Waals surface area contributed by atoms with E-state index in [4.69, 9.17) is 9.47 Å². The fourth-order valence-corrected chi connectivity index (χ4v) is 4.13. The molecule has 168 valence electrons. The van der Waals surface area contributed by atoms with Crippen molar-refractivity contribution in [3.8, 4) is 17.2 Å². The Labute approximate surface area is 186 Å². The molecule has 3 rings (SSSR count). The summed E-state index contributed by atoms with van der Waals surface area (Å²) in [6, 6.07) is 12.2. The van der Waals surface area contributed by atoms with Crippen LogP contribution in [0.4, 0.5) is 11.4 Å². The highest BCUT2D eigenvalue weighted by Gasteiger charge is 2.28. The average Bonchev–Trinajstić information content (AvgIpc) is 2.80. The van der Waals surface area contributed by atoms with Gasteiger partial charge in [0.15, 0.2) is 17.2 Å². The molecule has 0 aliphatic carbocycles. The zero-order valence-corrected chi connectivity index (χ0v) is 19.4. The first-order valence-corrected chi connectivity index (χ1v) is 11.4. The number of hydrogen-bond acceptors (Lipinski definition) is 5. The summed E-state index contributed by atoms with van der Waals surface area (Å²) in [5.74, 6) is 2.09. The predicted octanol–water partition coefficient (Wildman–Crippen LogP) is 5.20. The first-order valence-electron chi connectivity index (χ1n) is 11.4. The SMILES string of the molecule is CCNC(CC)CCN1c2ccc(C(=O)N(CC)CC)cc2Oc2c(OC)cccc21. The molecule has 1 aliphatic rings. The molecule has 6 heteroatoms. The number of carbonyl (C=O) groups excluding carboxylic acids is 1. The molecule has 31 heavy (non-hydrogen) atoms. The maximum absolute atomic E-state index is 12.9. The normalized spacial score (nSPS) is 13.1. The van der Waals surface area contributed by atoms with E-state index in [0.29, 0.717) is 41.9 Å². The highest BCUT2D eigenvalue weighted by Crippen LogP contribution is 2.50. The number of ether oxygens (including phenoxy) is 2. The molecule has 0 fully saturated rings. The lowest BCUT2D eigenvalue weighted by Gasteiger charge is -2.34. The summed E-state index contributed by atoms with van der Waals surface area (Å²) in [6.07, 6.45) is 2.08. The smallest absolute Gasteiger partial charge is 0.253 e. The highest BCUT2D eigenvalue weighted by molar-refractivity contribution is 5.96. The molecule has 1 unspecified atom stereocenters. The van der Waals surface area contributed by atoms with Crippen LogP contribution in [0.1, 0.15) is 50.9 Å². The number of amides is 1. The van der Waals surface area contributed by atoms with Gasteiger partial charge in [0.1, 0.15) is 0 Å². The molecule has 0 aromatic heterocycles. The van der Waals surface area contributed by atoms with Crippen LogP contribution in [0.25, 0.3) is 0 Å². The van der Waals surface area contributed by atoms with Crippen molar-refractivity contribution >= 4 is 17.3 Å². The molecule has 1 atom stereocenters. The Balaban J connectivity index is 1.99. The van der Waals surface area contributed by atoms with E-state index >= 15 is 0 Å². The maximum Gasteiger partial charge on any atom is 0.253 e. The number of carbonyl (C=O) groups is 1. The van der Waals surface area contributed by atoms with Crippen LogP contribution in [0.3, 0.4) is 0 Å². The number of rotatable bonds is 10. The predicted molar refractivity (Wildman–Crippen MR) is 126 cm³/mol. The molecule has 0 saturated heterocycles. The van der Waals surface area contributed by atoms with Gasteiger partial charge in [-0.05, 0) is 63.6 Å². The van der Waals surface area contributed by atoms with Crippen LogP contribution in [-0.2, 0) is 0 Å². The van der Waals surface area contributed by atoms with E-state index < -0.39 is 0 Å². The minimum absolute atomic E-state index is 0.0203. The van der Waals surface area contributed by atoms with Crippen molar-refractivity contribution < 1.29 is 14.3 Å². The van der Waals surface area contributed by atoms with Gasteiger partial charge in [-0.25, -0.2) is 0 Å². The van der Waals surface area contributed by atoms with Gasteiger partial charge in [-0.3, -0.25) is 4.79 Å². The Morgan fingerprint density at radius 1 is 1.13 bits per heavy atom. The minimum atomic E-state index is 0.0203. The first-order chi connectivity index (χ1) is 15.1. The number of benzene rings is 2. The first kappa shape index (κ1) is 22.9. The van der Waals surface area contributed by atoms with Crippen LogP contribution in [0.15, 0.2) is 36.4 Å². The second-order valence-electron chi connectivity index (χ2n) is 7.67. The van der Waals surface area contributed by atoms with Crippen LogP contribution in [0.2, 0.25) is 0 Å². The van der Waals surface area contributed by atoms with Crippen molar-refractivity contribution in [3.05, 3.63) is 42.0 Å². The third-order valence-electron chi connectivity index (χ3n) is 5.92. The average molecular weight is 426 g/mol. The van der Waals surface area contributed by atoms with Crippen LogP contribution in [-0.4, -0.2) is 50.1 Å². The highest BCUT2D eigenvalue weighted by atomic mass is 16.5. The molecule has 1 amide bonds. The summed E-state index contributed by atoms with van der Waals surface area (Å²) in [4.78, 5) is 17.0. The van der Waals surface area contributed by atoms with Crippen LogP contribution >= 0.6 is 0 Å². The van der Waals surface area contributed by atoms with Gasteiger partial charge in [0.05, 0.1) is 18.5 Å². The molecular formula is C25H35N3O3. The lowest BCUT2D eigenvalue weighted by Crippen LogP contribution is -2.33. The van der Waals surface area contributed by atoms with E-state index in [0.717, 1.165) is 37.3 Å². The van der Waals surface area contributed by atoms with Crippen molar-refractivity contribution in [3.63, 3.8) is 0 Å². The van der Waals surface area contributed by atoms with Gasteiger partial charge >= 0.3 is 0 Å². The van der Waals surface area contributed by atoms with E-state index in [2.05, 4.69) is 30.1 Å². The lowest BCUT2D eigenvalue weighted by atomic mass is 10.1. The minimum Gasteiger partial charge on any atom is -0.493 e. The van der Waals surface area contributed by atoms with Gasteiger partial charge < -0.3 is 24.6 Å². The van der Waals surface area contributed by atoms with Gasteiger partial charge in [0, 0.05) is 31.2 Å². The monoisotopic (exact) mass is 425 g/mol. The number of nitrogens with zero attached hydrogens (tertiary/aromatic N) is 2. The van der Waals surface area contributed by atoms with E-state index in [1.165, 1.54) is 0 Å². The van der Waals surface area contributed by atoms with Crippen molar-refractivity contribution in [2.45, 2.75) is 46.6 Å². The van der Waals surface area contributed by atoms with Crippen LogP contribution in [0, 0.1) is 0 Å². The zero-order valence-electron chi connectivity index (χ0n) is 19.4. The molecule has 0 bridgehead atoms. The van der Waals surface area contributed by atoms with Crippen molar-refractivity contribution in [2.75, 3.05) is 38.2 Å². The van der Waals surface area contributed by atoms with Gasteiger partial charge in [0.25, 0.3) is 5.91 Å². The fourth-order valence-electron chi connectivity index (χ4n) is 4.13. The Morgan fingerprint density at radius 2 is 1.90 bits per heavy atom. The largest absolute Gasteiger partial charge is 0.493 e. The van der Waals surface area contributed by atoms with E-state index in [9.17, 15) is 4.79 Å². The molecule has 0 radical (unpaired) electrons. The number of nitrogens with one attached hydrogen (secondary N) is 1. The number of anilines is 2. The lowest BCUT2D eigenvalue weighted by molar-refractivity contribution is 0.0772. The molecule has 1 aliphatic heterocycles. The van der Waals surface area contributed by atoms with Crippen LogP contribution in [0.5, 0.6) is 17.2 Å². The van der Waals surface area contributed by atoms with Crippen molar-refractivity contribution in [1.82, 2.24) is 10.2 Å². The van der Waals surface area contributed by atoms with E-state index in [1.807, 2.05) is 49.1 Å². The number of hydrogen-bond donors (Lipinski definition) is 1. The topological polar surface area (TPSA) is 54.0 Å². The number of fused-ring (bicyclic) bond motifs is 2. The third-order valence-corrected chi connectivity index (χ3v) is 5.92. The van der Waals surface area contributed by atoms with E-state index in [1.54, 1.807) is 7.11 Å². The number of para-hydroxylation sites is 1. The van der Waals surface area contributed by atoms with Crippen molar-refractivity contribution in [2.24, 2.45) is 0 Å². The molecule has 6 nitrogen and oxygen atoms in total. The Kier molecular flexibility index (Phi) is 7.80. The second kappa shape index (κ2) is 10.5. The molecule has 1 heterocycles. The van der Waals surface area contributed by atoms with Gasteiger partial charge in [-0.2, -0.15) is 0 Å². The van der Waals surface area contributed by atoms with Gasteiger partial charge in [-0.1, -0.05) is 19.9 Å². The molecule has 0 saturated carbocycles. The summed E-state index contributed by atoms with van der Waals surface area (Å²) in [5.41, 5.74) is 2.60. The molecule has 2 aromatic rings. The Hall–Kier alpha value is -2.73. The third kappa shape index (κ3) is 4.79. The standard InChI is InChI=1S/C25H35N3O3/c1-6-19(26-7-2)15-16-28-20-14-13-18(25(29)27(8-3)9-4)17-23(20)31-24-21(28)11-10-12-22(24)30-5/h10-14,17,19,26H,6-9,15-16H2,1-5H3. The Morgan fingerprint density at radius 3 is 2.55 bits per heavy atom. The number of methoxy groups -OCH3 is 1. The summed E-state index contributed by atoms with van der Waals surface area (Å²) in [6.45, 7) is 11.5. The van der Waals surface area contributed by atoms with E-state index in [-0.39, 0.29) is 5.91 Å². The molecule has 1 N–H and O–H groups in total. The fraction of sp³-hybridized carbons (Fsp3) is 0.480. The summed E-state index contributed by atoms with van der Waals surface area (Å²) in [5, 5.41) is 3.56. The van der Waals surface area contributed by atoms with Crippen LogP contribution < -0.4 is 19.7 Å². The zero-order chi connectivity index (χ0) is 22.4. The van der Waals surface area contributed by atoms with Gasteiger partial charge in [0.2, 0.25) is 0 Å². The summed E-state index contributed by atoms with van der Waals surface area (Å²) in [7, 11) is 1.65.